The van der Waals surface area contributed by atoms with Crippen LogP contribution in [0.2, 0.25) is 0 Å². The molecule has 4 aromatic carbocycles. The zero-order valence-electron chi connectivity index (χ0n) is 40.1. The fourth-order valence-corrected chi connectivity index (χ4v) is 8.81. The highest BCUT2D eigenvalue weighted by Gasteiger charge is 2.60. The maximum Gasteiger partial charge on any atom is 0.315 e. The van der Waals surface area contributed by atoms with Gasteiger partial charge in [0.15, 0.2) is 0 Å². The van der Waals surface area contributed by atoms with Gasteiger partial charge in [0.1, 0.15) is 22.0 Å². The summed E-state index contributed by atoms with van der Waals surface area (Å²) in [6.45, 7) is 19.9. The van der Waals surface area contributed by atoms with Crippen LogP contribution in [0.1, 0.15) is 103 Å². The Morgan fingerprint density at radius 2 is 0.985 bits per heavy atom. The topological polar surface area (TPSA) is 132 Å². The van der Waals surface area contributed by atoms with E-state index in [4.69, 9.17) is 18.9 Å². The van der Waals surface area contributed by atoms with Crippen LogP contribution < -0.4 is 0 Å². The standard InChI is InChI=1S/C28H35NO4.C27H35NO5/c1-6-17-28(26(31)33-27(3,4)5)20-29(21(2)23-15-11-8-12-16-23)25(30)24(28)19-32-18-22-13-9-7-10-14-22;1-20(22-13-9-6-10-14-22)28-19-27(15-16-29,25(31)33-26(2,3)4)23(24(28)30)18-32-17-21-11-7-5-8-12-21/h6-16,21,24H,1,17-20H2,2-5H3;5-14,20,23,29H,15-19H2,1-4H3/t21-,24-,28-;20-,23-,27-/m11/s1. The highest BCUT2D eigenvalue weighted by Crippen LogP contribution is 2.47. The Kier molecular flexibility index (Phi) is 17.7. The largest absolute Gasteiger partial charge is 0.459 e. The quantitative estimate of drug-likeness (QED) is 0.0767. The molecule has 2 fully saturated rings. The van der Waals surface area contributed by atoms with Gasteiger partial charge in [-0.3, -0.25) is 19.2 Å². The van der Waals surface area contributed by atoms with Crippen LogP contribution in [0.5, 0.6) is 0 Å². The molecular formula is C55H70N2O9. The summed E-state index contributed by atoms with van der Waals surface area (Å²) < 4.78 is 23.6. The van der Waals surface area contributed by atoms with Crippen LogP contribution in [0.15, 0.2) is 134 Å². The van der Waals surface area contributed by atoms with Crippen LogP contribution in [0, 0.1) is 22.7 Å². The zero-order chi connectivity index (χ0) is 48.1. The molecule has 0 aromatic heterocycles. The lowest BCUT2D eigenvalue weighted by Gasteiger charge is -2.34. The van der Waals surface area contributed by atoms with E-state index in [1.165, 1.54) is 0 Å². The number of carbonyl (C=O) groups excluding carboxylic acids is 4. The third kappa shape index (κ3) is 12.8. The molecule has 0 aliphatic carbocycles. The van der Waals surface area contributed by atoms with Crippen molar-refractivity contribution < 1.29 is 43.2 Å². The molecule has 2 aliphatic rings. The normalized spacial score (nSPS) is 21.7. The highest BCUT2D eigenvalue weighted by atomic mass is 16.6. The molecule has 1 N–H and O–H groups in total. The molecule has 11 nitrogen and oxygen atoms in total. The van der Waals surface area contributed by atoms with E-state index in [1.54, 1.807) is 36.6 Å². The number of amides is 2. The van der Waals surface area contributed by atoms with Crippen LogP contribution in [-0.2, 0) is 51.3 Å². The van der Waals surface area contributed by atoms with Gasteiger partial charge in [-0.05, 0) is 90.5 Å². The van der Waals surface area contributed by atoms with Gasteiger partial charge in [0.05, 0.1) is 50.3 Å². The van der Waals surface area contributed by atoms with E-state index >= 15 is 0 Å². The Bertz CT molecular complexity index is 2190. The highest BCUT2D eigenvalue weighted by molar-refractivity contribution is 5.93. The van der Waals surface area contributed by atoms with E-state index in [2.05, 4.69) is 6.58 Å². The lowest BCUT2D eigenvalue weighted by Crippen LogP contribution is -2.46. The molecule has 0 radical (unpaired) electrons. The van der Waals surface area contributed by atoms with Gasteiger partial charge in [0.2, 0.25) is 11.8 Å². The first-order valence-electron chi connectivity index (χ1n) is 23.0. The van der Waals surface area contributed by atoms with E-state index < -0.39 is 39.8 Å². The van der Waals surface area contributed by atoms with Crippen LogP contribution >= 0.6 is 0 Å². The van der Waals surface area contributed by atoms with Crippen molar-refractivity contribution in [1.82, 2.24) is 9.80 Å². The second-order valence-electron chi connectivity index (χ2n) is 19.5. The molecule has 11 heteroatoms. The van der Waals surface area contributed by atoms with Crippen molar-refractivity contribution in [2.24, 2.45) is 22.7 Å². The number of nitrogens with zero attached hydrogens (tertiary/aromatic N) is 2. The van der Waals surface area contributed by atoms with Crippen LogP contribution in [0.3, 0.4) is 0 Å². The summed E-state index contributed by atoms with van der Waals surface area (Å²) >= 11 is 0. The van der Waals surface area contributed by atoms with Crippen molar-refractivity contribution in [1.29, 1.82) is 0 Å². The predicted molar refractivity (Wildman–Crippen MR) is 255 cm³/mol. The Morgan fingerprint density at radius 3 is 1.35 bits per heavy atom. The number of aliphatic hydroxyl groups is 1. The first kappa shape index (κ1) is 51.4. The Labute approximate surface area is 392 Å². The summed E-state index contributed by atoms with van der Waals surface area (Å²) in [6, 6.07) is 38.7. The fourth-order valence-electron chi connectivity index (χ4n) is 8.81. The number of carbonyl (C=O) groups is 4. The Balaban J connectivity index is 0.000000247. The van der Waals surface area contributed by atoms with E-state index in [1.807, 2.05) is 156 Å². The molecule has 2 saturated heterocycles. The van der Waals surface area contributed by atoms with Crippen molar-refractivity contribution in [2.45, 2.75) is 105 Å². The summed E-state index contributed by atoms with van der Waals surface area (Å²) in [5, 5.41) is 9.91. The number of rotatable bonds is 18. The molecule has 354 valence electrons. The van der Waals surface area contributed by atoms with E-state index in [-0.39, 0.29) is 69.2 Å². The molecule has 66 heavy (non-hydrogen) atoms. The average molecular weight is 903 g/mol. The molecule has 2 amide bonds. The van der Waals surface area contributed by atoms with Gasteiger partial charge in [-0.1, -0.05) is 127 Å². The summed E-state index contributed by atoms with van der Waals surface area (Å²) in [7, 11) is 0. The smallest absolute Gasteiger partial charge is 0.315 e. The first-order chi connectivity index (χ1) is 31.4. The predicted octanol–water partition coefficient (Wildman–Crippen LogP) is 9.46. The minimum Gasteiger partial charge on any atom is -0.459 e. The second-order valence-corrected chi connectivity index (χ2v) is 19.5. The number of aliphatic hydroxyl groups excluding tert-OH is 1. The number of likely N-dealkylation sites (tertiary alicyclic amines) is 2. The number of allylic oxidation sites excluding steroid dienone is 1. The molecule has 0 spiro atoms. The molecule has 4 aromatic rings. The molecule has 2 heterocycles. The van der Waals surface area contributed by atoms with E-state index in [0.29, 0.717) is 19.6 Å². The van der Waals surface area contributed by atoms with Crippen molar-refractivity contribution in [3.63, 3.8) is 0 Å². The minimum absolute atomic E-state index is 0.0744. The lowest BCUT2D eigenvalue weighted by atomic mass is 9.75. The SMILES string of the molecule is C=CC[C@@]1(C(=O)OC(C)(C)C)CN([C@H](C)c2ccccc2)C(=O)[C@H]1COCc1ccccc1.C[C@H](c1ccccc1)N1C[C@@](CCO)(C(=O)OC(C)(C)C)[C@H](COCc2ccccc2)C1=O. The van der Waals surface area contributed by atoms with Gasteiger partial charge in [-0.15, -0.1) is 6.58 Å². The second kappa shape index (κ2) is 22.7. The van der Waals surface area contributed by atoms with Crippen molar-refractivity contribution >= 4 is 23.8 Å². The van der Waals surface area contributed by atoms with E-state index in [9.17, 15) is 24.3 Å². The molecule has 0 saturated carbocycles. The van der Waals surface area contributed by atoms with Gasteiger partial charge in [0, 0.05) is 19.7 Å². The number of hydrogen-bond donors (Lipinski definition) is 1. The van der Waals surface area contributed by atoms with Gasteiger partial charge in [-0.25, -0.2) is 0 Å². The van der Waals surface area contributed by atoms with Gasteiger partial charge in [-0.2, -0.15) is 0 Å². The molecular weight excluding hydrogens is 833 g/mol. The van der Waals surface area contributed by atoms with E-state index in [0.717, 1.165) is 22.3 Å². The lowest BCUT2D eigenvalue weighted by molar-refractivity contribution is -0.173. The maximum absolute atomic E-state index is 13.7. The number of ether oxygens (including phenoxy) is 4. The summed E-state index contributed by atoms with van der Waals surface area (Å²) in [5.74, 6) is -2.48. The monoisotopic (exact) mass is 903 g/mol. The number of hydrogen-bond acceptors (Lipinski definition) is 9. The zero-order valence-corrected chi connectivity index (χ0v) is 40.1. The van der Waals surface area contributed by atoms with Gasteiger partial charge < -0.3 is 33.9 Å². The summed E-state index contributed by atoms with van der Waals surface area (Å²) in [6.07, 6.45) is 2.17. The Hall–Kier alpha value is -5.62. The molecule has 6 rings (SSSR count). The number of esters is 2. The number of benzene rings is 4. The van der Waals surface area contributed by atoms with Crippen molar-refractivity contribution in [3.8, 4) is 0 Å². The van der Waals surface area contributed by atoms with Crippen LogP contribution in [0.4, 0.5) is 0 Å². The third-order valence-corrected chi connectivity index (χ3v) is 12.4. The summed E-state index contributed by atoms with van der Waals surface area (Å²) in [4.78, 5) is 58.0. The summed E-state index contributed by atoms with van der Waals surface area (Å²) in [5.41, 5.74) is 0.405. The molecule has 0 bridgehead atoms. The maximum atomic E-state index is 13.7. The fraction of sp³-hybridized carbons (Fsp3) is 0.455. The Morgan fingerprint density at radius 1 is 0.636 bits per heavy atom. The molecule has 6 atom stereocenters. The molecule has 2 aliphatic heterocycles. The van der Waals surface area contributed by atoms with Crippen LogP contribution in [0.25, 0.3) is 0 Å². The molecule has 0 unspecified atom stereocenters. The minimum atomic E-state index is -1.18. The average Bonchev–Trinajstić information content (AvgIpc) is 3.73. The van der Waals surface area contributed by atoms with Crippen LogP contribution in [-0.4, -0.2) is 82.8 Å². The van der Waals surface area contributed by atoms with Crippen molar-refractivity contribution in [3.05, 3.63) is 156 Å². The first-order valence-corrected chi connectivity index (χ1v) is 23.0. The van der Waals surface area contributed by atoms with Crippen molar-refractivity contribution in [2.75, 3.05) is 32.9 Å². The van der Waals surface area contributed by atoms with Gasteiger partial charge >= 0.3 is 11.9 Å². The van der Waals surface area contributed by atoms with Gasteiger partial charge in [0.25, 0.3) is 0 Å². The third-order valence-electron chi connectivity index (χ3n) is 12.4.